The van der Waals surface area contributed by atoms with E-state index in [2.05, 4.69) is 11.9 Å². The lowest BCUT2D eigenvalue weighted by atomic mass is 10.2. The molecule has 2 N–H and O–H groups in total. The van der Waals surface area contributed by atoms with Crippen LogP contribution in [0.25, 0.3) is 0 Å². The fourth-order valence-corrected chi connectivity index (χ4v) is 2.33. The van der Waals surface area contributed by atoms with E-state index in [-0.39, 0.29) is 5.82 Å². The molecule has 2 rings (SSSR count). The van der Waals surface area contributed by atoms with Crippen LogP contribution in [0.1, 0.15) is 0 Å². The molecule has 0 amide bonds. The first-order valence-electron chi connectivity index (χ1n) is 5.73. The molecule has 0 radical (unpaired) electrons. The van der Waals surface area contributed by atoms with E-state index in [1.807, 2.05) is 0 Å². The Labute approximate surface area is 106 Å². The summed E-state index contributed by atoms with van der Waals surface area (Å²) in [6, 6.07) is 5.47. The summed E-state index contributed by atoms with van der Waals surface area (Å²) in [7, 11) is 2.13. The number of nitrogens with zero attached hydrogens (tertiary/aromatic N) is 2. The topological polar surface area (TPSA) is 29.3 Å². The molecule has 0 atom stereocenters. The van der Waals surface area contributed by atoms with Crippen LogP contribution in [-0.4, -0.2) is 43.7 Å². The zero-order chi connectivity index (χ0) is 12.5. The van der Waals surface area contributed by atoms with Crippen molar-refractivity contribution in [3.63, 3.8) is 0 Å². The number of halogens is 2. The van der Waals surface area contributed by atoms with Crippen molar-refractivity contribution in [1.29, 1.82) is 0 Å². The largest absolute Gasteiger partial charge is 0.399 e. The number of nitrogen functional groups attached to an aromatic ring is 1. The molecular weight excluding hydrogens is 241 g/mol. The van der Waals surface area contributed by atoms with Crippen LogP contribution in [0, 0.1) is 5.82 Å². The normalized spacial score (nSPS) is 19.4. The van der Waals surface area contributed by atoms with Crippen molar-refractivity contribution in [3.8, 4) is 0 Å². The molecule has 0 bridgehead atoms. The zero-order valence-electron chi connectivity index (χ0n) is 10.00. The third-order valence-corrected chi connectivity index (χ3v) is 4.00. The van der Waals surface area contributed by atoms with Crippen molar-refractivity contribution in [1.82, 2.24) is 0 Å². The number of anilines is 2. The summed E-state index contributed by atoms with van der Waals surface area (Å²) in [6.45, 7) is 3.52. The molecule has 5 heteroatoms. The lowest BCUT2D eigenvalue weighted by molar-refractivity contribution is -0.899. The van der Waals surface area contributed by atoms with Crippen molar-refractivity contribution < 1.29 is 8.87 Å². The quantitative estimate of drug-likeness (QED) is 0.380. The minimum Gasteiger partial charge on any atom is -0.399 e. The fraction of sp³-hybridized carbons (Fsp3) is 0.500. The molecule has 1 aromatic rings. The number of rotatable bonds is 2. The molecule has 0 aromatic heterocycles. The molecule has 0 unspecified atom stereocenters. The Balaban J connectivity index is 2.10. The molecule has 1 saturated heterocycles. The van der Waals surface area contributed by atoms with Crippen LogP contribution in [0.5, 0.6) is 0 Å². The van der Waals surface area contributed by atoms with Gasteiger partial charge in [0.2, 0.25) is 0 Å². The van der Waals surface area contributed by atoms with Gasteiger partial charge in [-0.25, -0.2) is 4.39 Å². The molecule has 94 valence electrons. The van der Waals surface area contributed by atoms with Crippen LogP contribution in [0.3, 0.4) is 0 Å². The minimum absolute atomic E-state index is 0.244. The first kappa shape index (κ1) is 12.5. The summed E-state index contributed by atoms with van der Waals surface area (Å²) in [5.74, 6) is -0.244. The predicted molar refractivity (Wildman–Crippen MR) is 69.7 cm³/mol. The zero-order valence-corrected chi connectivity index (χ0v) is 10.8. The first-order valence-corrected chi connectivity index (χ1v) is 6.27. The van der Waals surface area contributed by atoms with E-state index in [0.717, 1.165) is 30.7 Å². The van der Waals surface area contributed by atoms with Gasteiger partial charge in [0.15, 0.2) is 6.00 Å². The molecule has 0 saturated carbocycles. The number of hydrogen-bond acceptors (Lipinski definition) is 2. The summed E-state index contributed by atoms with van der Waals surface area (Å²) in [5, 5.41) is 0. The lowest BCUT2D eigenvalue weighted by Gasteiger charge is -2.41. The third-order valence-electron chi connectivity index (χ3n) is 3.42. The van der Waals surface area contributed by atoms with E-state index in [1.54, 1.807) is 12.1 Å². The van der Waals surface area contributed by atoms with Crippen molar-refractivity contribution in [2.24, 2.45) is 0 Å². The Bertz CT molecular complexity index is 403. The van der Waals surface area contributed by atoms with E-state index >= 15 is 0 Å². The van der Waals surface area contributed by atoms with Crippen LogP contribution in [0.4, 0.5) is 15.8 Å². The average molecular weight is 259 g/mol. The Morgan fingerprint density at radius 2 is 2.06 bits per heavy atom. The van der Waals surface area contributed by atoms with Crippen LogP contribution in [-0.2, 0) is 0 Å². The number of benzene rings is 1. The molecule has 1 aliphatic rings. The Hall–Kier alpha value is -1.00. The van der Waals surface area contributed by atoms with E-state index in [4.69, 9.17) is 17.3 Å². The van der Waals surface area contributed by atoms with Crippen LogP contribution in [0.15, 0.2) is 18.2 Å². The summed E-state index contributed by atoms with van der Waals surface area (Å²) < 4.78 is 14.6. The van der Waals surface area contributed by atoms with Gasteiger partial charge in [0.25, 0.3) is 0 Å². The SMILES string of the molecule is C[N+]1(CCl)CCN(c2ccc(N)cc2F)CC1. The second-order valence-corrected chi connectivity index (χ2v) is 5.12. The molecule has 1 aliphatic heterocycles. The number of nitrogens with two attached hydrogens (primary N) is 1. The Morgan fingerprint density at radius 3 is 2.59 bits per heavy atom. The highest BCUT2D eigenvalue weighted by Gasteiger charge is 2.28. The van der Waals surface area contributed by atoms with Crippen molar-refractivity contribution in [2.45, 2.75) is 0 Å². The molecule has 17 heavy (non-hydrogen) atoms. The first-order chi connectivity index (χ1) is 8.04. The maximum absolute atomic E-state index is 13.8. The number of quaternary nitrogens is 1. The molecule has 1 aromatic carbocycles. The second-order valence-electron chi connectivity index (χ2n) is 4.88. The van der Waals surface area contributed by atoms with Gasteiger partial charge >= 0.3 is 0 Å². The van der Waals surface area contributed by atoms with Crippen LogP contribution < -0.4 is 10.6 Å². The van der Waals surface area contributed by atoms with Crippen molar-refractivity contribution in [3.05, 3.63) is 24.0 Å². The van der Waals surface area contributed by atoms with Crippen molar-refractivity contribution in [2.75, 3.05) is 49.9 Å². The summed E-state index contributed by atoms with van der Waals surface area (Å²) in [6.07, 6.45) is 0. The van der Waals surface area contributed by atoms with Gasteiger partial charge in [0.1, 0.15) is 5.82 Å². The van der Waals surface area contributed by atoms with Crippen molar-refractivity contribution >= 4 is 23.0 Å². The highest BCUT2D eigenvalue weighted by Crippen LogP contribution is 2.24. The Morgan fingerprint density at radius 1 is 1.41 bits per heavy atom. The van der Waals surface area contributed by atoms with E-state index in [1.165, 1.54) is 6.07 Å². The van der Waals surface area contributed by atoms with E-state index < -0.39 is 0 Å². The Kier molecular flexibility index (Phi) is 3.45. The summed E-state index contributed by atoms with van der Waals surface area (Å²) in [4.78, 5) is 2.06. The molecule has 1 fully saturated rings. The van der Waals surface area contributed by atoms with Gasteiger partial charge in [-0.3, -0.25) is 0 Å². The smallest absolute Gasteiger partial charge is 0.154 e. The van der Waals surface area contributed by atoms with Gasteiger partial charge in [-0.2, -0.15) is 0 Å². The van der Waals surface area contributed by atoms with Crippen LogP contribution >= 0.6 is 11.6 Å². The van der Waals surface area contributed by atoms with E-state index in [0.29, 0.717) is 17.4 Å². The number of piperazine rings is 1. The third kappa shape index (κ3) is 2.64. The molecule has 3 nitrogen and oxygen atoms in total. The molecule has 1 heterocycles. The maximum Gasteiger partial charge on any atom is 0.154 e. The average Bonchev–Trinajstić information content (AvgIpc) is 2.31. The lowest BCUT2D eigenvalue weighted by Crippen LogP contribution is -2.56. The maximum atomic E-state index is 13.8. The second kappa shape index (κ2) is 4.70. The fourth-order valence-electron chi connectivity index (χ4n) is 2.09. The minimum atomic E-state index is -0.244. The molecule has 0 aliphatic carbocycles. The number of alkyl halides is 1. The van der Waals surface area contributed by atoms with Gasteiger partial charge in [-0.05, 0) is 18.2 Å². The number of likely N-dealkylation sites (N-methyl/N-ethyl adjacent to an activating group) is 1. The molecule has 0 spiro atoms. The van der Waals surface area contributed by atoms with Gasteiger partial charge in [-0.1, -0.05) is 11.6 Å². The molecular formula is C12H18ClFN3+. The highest BCUT2D eigenvalue weighted by molar-refractivity contribution is 6.16. The van der Waals surface area contributed by atoms with Crippen LogP contribution in [0.2, 0.25) is 0 Å². The summed E-state index contributed by atoms with van der Waals surface area (Å²) in [5.41, 5.74) is 6.64. The van der Waals surface area contributed by atoms with Gasteiger partial charge in [0.05, 0.1) is 38.9 Å². The van der Waals surface area contributed by atoms with Gasteiger partial charge < -0.3 is 15.1 Å². The van der Waals surface area contributed by atoms with Gasteiger partial charge in [0, 0.05) is 5.69 Å². The highest BCUT2D eigenvalue weighted by atomic mass is 35.5. The standard InChI is InChI=1S/C12H18ClFN3/c1-17(9-13)6-4-16(5-7-17)12-3-2-10(15)8-11(12)14/h2-3,8H,4-7,9,15H2,1H3/q+1. The summed E-state index contributed by atoms with van der Waals surface area (Å²) >= 11 is 5.93. The number of hydrogen-bond donors (Lipinski definition) is 1. The van der Waals surface area contributed by atoms with Gasteiger partial charge in [-0.15, -0.1) is 0 Å². The monoisotopic (exact) mass is 258 g/mol. The van der Waals surface area contributed by atoms with E-state index in [9.17, 15) is 4.39 Å². The predicted octanol–water partition coefficient (Wildman–Crippen LogP) is 1.87.